The molecule has 0 saturated carbocycles. The number of rotatable bonds is 12. The van der Waals surface area contributed by atoms with E-state index in [2.05, 4.69) is 0 Å². The highest BCUT2D eigenvalue weighted by atomic mass is 19.1. The average molecular weight is 685 g/mol. The molecule has 5 aromatic carbocycles. The molecule has 0 aliphatic heterocycles. The Morgan fingerprint density at radius 2 is 1.22 bits per heavy atom. The number of imidazole rings is 1. The number of hydrogen-bond acceptors (Lipinski definition) is 4. The van der Waals surface area contributed by atoms with Gasteiger partial charge in [-0.15, -0.1) is 0 Å². The predicted molar refractivity (Wildman–Crippen MR) is 195 cm³/mol. The lowest BCUT2D eigenvalue weighted by Crippen LogP contribution is -2.37. The molecule has 0 fully saturated rings. The second-order valence-electron chi connectivity index (χ2n) is 12.8. The van der Waals surface area contributed by atoms with Crippen molar-refractivity contribution in [1.82, 2.24) is 9.55 Å². The van der Waals surface area contributed by atoms with Gasteiger partial charge >= 0.3 is 5.97 Å². The molecule has 0 spiro atoms. The minimum Gasteiger partial charge on any atom is -0.481 e. The van der Waals surface area contributed by atoms with Crippen molar-refractivity contribution in [2.45, 2.75) is 43.8 Å². The summed E-state index contributed by atoms with van der Waals surface area (Å²) < 4.78 is 30.5. The standard InChI is InChI=1S/C43H38F2N2O4/c1-28(2)42-46-40(30-18-22-34(44)23-19-30)41(31-20-24-35(45)25-21-31)47(42)37(26-36(48)27-38(49)50)39(29-12-6-3-7-13-29)43(51,32-14-8-4-9-15-32)33-16-10-5-11-17-33/h3-26,28,36,39,48,51H,27H2,1-2H3,(H,49,50)/b37-26+/t36-,39+/m1/s1. The second kappa shape index (κ2) is 15.0. The van der Waals surface area contributed by atoms with Crippen LogP contribution in [0.15, 0.2) is 146 Å². The fourth-order valence-electron chi connectivity index (χ4n) is 6.66. The molecule has 8 heteroatoms. The molecule has 1 aromatic heterocycles. The highest BCUT2D eigenvalue weighted by Crippen LogP contribution is 2.51. The number of benzene rings is 5. The maximum atomic E-state index is 14.4. The van der Waals surface area contributed by atoms with Crippen molar-refractivity contribution in [1.29, 1.82) is 0 Å². The largest absolute Gasteiger partial charge is 0.481 e. The Balaban J connectivity index is 1.80. The van der Waals surface area contributed by atoms with Crippen molar-refractivity contribution in [3.8, 4) is 22.5 Å². The zero-order valence-corrected chi connectivity index (χ0v) is 28.2. The molecule has 0 unspecified atom stereocenters. The van der Waals surface area contributed by atoms with E-state index in [1.165, 1.54) is 30.3 Å². The lowest BCUT2D eigenvalue weighted by molar-refractivity contribution is -0.138. The molecule has 6 aromatic rings. The Morgan fingerprint density at radius 1 is 0.745 bits per heavy atom. The molecule has 6 rings (SSSR count). The van der Waals surface area contributed by atoms with E-state index in [1.807, 2.05) is 109 Å². The number of aliphatic hydroxyl groups is 2. The van der Waals surface area contributed by atoms with Crippen LogP contribution >= 0.6 is 0 Å². The maximum Gasteiger partial charge on any atom is 0.306 e. The first-order valence-corrected chi connectivity index (χ1v) is 16.7. The fourth-order valence-corrected chi connectivity index (χ4v) is 6.66. The summed E-state index contributed by atoms with van der Waals surface area (Å²) in [6, 6.07) is 39.5. The molecule has 0 aliphatic rings. The van der Waals surface area contributed by atoms with Gasteiger partial charge in [0.2, 0.25) is 0 Å². The SMILES string of the molecule is CC(C)c1nc(-c2ccc(F)cc2)c(-c2ccc(F)cc2)n1/C(=C/[C@@H](O)CC(=O)O)[C@H](c1ccccc1)C(O)(c1ccccc1)c1ccccc1. The van der Waals surface area contributed by atoms with Gasteiger partial charge in [-0.3, -0.25) is 9.36 Å². The Bertz CT molecular complexity index is 2070. The van der Waals surface area contributed by atoms with Crippen molar-refractivity contribution in [3.05, 3.63) is 180 Å². The monoisotopic (exact) mass is 684 g/mol. The number of hydrogen-bond donors (Lipinski definition) is 3. The van der Waals surface area contributed by atoms with Crippen LogP contribution in [0.25, 0.3) is 28.2 Å². The topological polar surface area (TPSA) is 95.6 Å². The third-order valence-corrected chi connectivity index (χ3v) is 8.93. The molecule has 0 radical (unpaired) electrons. The third kappa shape index (κ3) is 7.29. The second-order valence-corrected chi connectivity index (χ2v) is 12.8. The summed E-state index contributed by atoms with van der Waals surface area (Å²) in [6.45, 7) is 3.90. The summed E-state index contributed by atoms with van der Waals surface area (Å²) >= 11 is 0. The molecule has 6 nitrogen and oxygen atoms in total. The van der Waals surface area contributed by atoms with Crippen molar-refractivity contribution < 1.29 is 28.9 Å². The molecule has 51 heavy (non-hydrogen) atoms. The first kappa shape index (κ1) is 35.1. The molecule has 2 atom stereocenters. The molecule has 0 bridgehead atoms. The van der Waals surface area contributed by atoms with Crippen LogP contribution in [0.4, 0.5) is 8.78 Å². The molecule has 1 heterocycles. The first-order valence-electron chi connectivity index (χ1n) is 16.7. The summed E-state index contributed by atoms with van der Waals surface area (Å²) in [5.74, 6) is -2.81. The molecule has 0 saturated heterocycles. The van der Waals surface area contributed by atoms with Crippen LogP contribution in [-0.2, 0) is 10.4 Å². The van der Waals surface area contributed by atoms with Crippen LogP contribution in [-0.4, -0.2) is 36.9 Å². The number of carboxylic acid groups (broad SMARTS) is 1. The number of aliphatic hydroxyl groups excluding tert-OH is 1. The van der Waals surface area contributed by atoms with Crippen LogP contribution in [0, 0.1) is 11.6 Å². The smallest absolute Gasteiger partial charge is 0.306 e. The Labute approximate surface area is 295 Å². The lowest BCUT2D eigenvalue weighted by atomic mass is 9.71. The van der Waals surface area contributed by atoms with E-state index in [0.29, 0.717) is 50.7 Å². The minimum atomic E-state index is -1.80. The predicted octanol–water partition coefficient (Wildman–Crippen LogP) is 9.02. The molecule has 0 amide bonds. The van der Waals surface area contributed by atoms with Crippen LogP contribution in [0.2, 0.25) is 0 Å². The van der Waals surface area contributed by atoms with Crippen molar-refractivity contribution in [2.75, 3.05) is 0 Å². The number of nitrogens with zero attached hydrogens (tertiary/aromatic N) is 2. The van der Waals surface area contributed by atoms with Gasteiger partial charge in [0.15, 0.2) is 0 Å². The molecule has 258 valence electrons. The van der Waals surface area contributed by atoms with Gasteiger partial charge in [-0.1, -0.05) is 105 Å². The Hall–Kier alpha value is -5.70. The number of carbonyl (C=O) groups is 1. The average Bonchev–Trinajstić information content (AvgIpc) is 3.54. The van der Waals surface area contributed by atoms with Gasteiger partial charge in [0.05, 0.1) is 29.8 Å². The highest BCUT2D eigenvalue weighted by molar-refractivity contribution is 5.83. The van der Waals surface area contributed by atoms with Crippen LogP contribution in [0.3, 0.4) is 0 Å². The van der Waals surface area contributed by atoms with Gasteiger partial charge in [0, 0.05) is 22.7 Å². The van der Waals surface area contributed by atoms with E-state index >= 15 is 0 Å². The van der Waals surface area contributed by atoms with E-state index < -0.39 is 41.6 Å². The molecular formula is C43H38F2N2O4. The van der Waals surface area contributed by atoms with Gasteiger partial charge in [0.25, 0.3) is 0 Å². The number of carboxylic acids is 1. The Morgan fingerprint density at radius 3 is 1.69 bits per heavy atom. The summed E-state index contributed by atoms with van der Waals surface area (Å²) in [7, 11) is 0. The van der Waals surface area contributed by atoms with Gasteiger partial charge in [0.1, 0.15) is 23.1 Å². The van der Waals surface area contributed by atoms with Crippen molar-refractivity contribution in [3.63, 3.8) is 0 Å². The third-order valence-electron chi connectivity index (χ3n) is 8.93. The molecule has 0 aliphatic carbocycles. The zero-order chi connectivity index (χ0) is 36.1. The van der Waals surface area contributed by atoms with Crippen LogP contribution in [0.1, 0.15) is 54.6 Å². The van der Waals surface area contributed by atoms with E-state index in [4.69, 9.17) is 4.98 Å². The Kier molecular flexibility index (Phi) is 10.4. The number of halogens is 2. The highest BCUT2D eigenvalue weighted by Gasteiger charge is 2.45. The van der Waals surface area contributed by atoms with Gasteiger partial charge in [-0.2, -0.15) is 0 Å². The van der Waals surface area contributed by atoms with Gasteiger partial charge < -0.3 is 15.3 Å². The summed E-state index contributed by atoms with van der Waals surface area (Å²) in [4.78, 5) is 17.1. The van der Waals surface area contributed by atoms with Crippen molar-refractivity contribution >= 4 is 11.7 Å². The fraction of sp³-hybridized carbons (Fsp3) is 0.163. The van der Waals surface area contributed by atoms with E-state index in [1.54, 1.807) is 24.3 Å². The summed E-state index contributed by atoms with van der Waals surface area (Å²) in [6.07, 6.45) is -0.627. The molecule has 3 N–H and O–H groups in total. The summed E-state index contributed by atoms with van der Waals surface area (Å²) in [5.41, 5.74) is 2.40. The van der Waals surface area contributed by atoms with E-state index in [0.717, 1.165) is 0 Å². The van der Waals surface area contributed by atoms with E-state index in [-0.39, 0.29) is 5.92 Å². The van der Waals surface area contributed by atoms with Gasteiger partial charge in [-0.25, -0.2) is 13.8 Å². The first-order chi connectivity index (χ1) is 24.6. The lowest BCUT2D eigenvalue weighted by Gasteiger charge is -2.40. The van der Waals surface area contributed by atoms with Crippen molar-refractivity contribution in [2.24, 2.45) is 0 Å². The number of aromatic nitrogens is 2. The van der Waals surface area contributed by atoms with E-state index in [9.17, 15) is 28.9 Å². The number of aliphatic carboxylic acids is 1. The summed E-state index contributed by atoms with van der Waals surface area (Å²) in [5, 5.41) is 34.8. The maximum absolute atomic E-state index is 14.4. The quantitative estimate of drug-likeness (QED) is 0.120. The zero-order valence-electron chi connectivity index (χ0n) is 28.2. The van der Waals surface area contributed by atoms with Gasteiger partial charge in [-0.05, 0) is 71.3 Å². The molecular weight excluding hydrogens is 646 g/mol. The minimum absolute atomic E-state index is 0.253. The van der Waals surface area contributed by atoms with Crippen LogP contribution in [0.5, 0.6) is 0 Å². The van der Waals surface area contributed by atoms with Crippen LogP contribution < -0.4 is 0 Å². The normalized spacial score (nSPS) is 13.3.